The van der Waals surface area contributed by atoms with Crippen molar-refractivity contribution in [1.82, 2.24) is 20.3 Å². The molecule has 0 spiro atoms. The molecule has 0 amide bonds. The van der Waals surface area contributed by atoms with Gasteiger partial charge >= 0.3 is 0 Å². The molecule has 8 heteroatoms. The highest BCUT2D eigenvalue weighted by Crippen LogP contribution is 1.92. The van der Waals surface area contributed by atoms with Crippen molar-refractivity contribution in [2.45, 2.75) is 13.1 Å². The van der Waals surface area contributed by atoms with Crippen molar-refractivity contribution in [2.24, 2.45) is 0 Å². The number of nitrogens with zero attached hydrogens (tertiary/aromatic N) is 3. The van der Waals surface area contributed by atoms with E-state index < -0.39 is 9.84 Å². The van der Waals surface area contributed by atoms with Gasteiger partial charge in [-0.25, -0.2) is 13.1 Å². The second kappa shape index (κ2) is 5.92. The highest BCUT2D eigenvalue weighted by atomic mass is 32.2. The van der Waals surface area contributed by atoms with Crippen LogP contribution in [0.1, 0.15) is 5.69 Å². The molecule has 0 fully saturated rings. The van der Waals surface area contributed by atoms with Gasteiger partial charge < -0.3 is 10.4 Å². The van der Waals surface area contributed by atoms with E-state index in [0.29, 0.717) is 19.6 Å². The first-order valence-corrected chi connectivity index (χ1v) is 6.95. The van der Waals surface area contributed by atoms with Crippen LogP contribution in [0.2, 0.25) is 0 Å². The van der Waals surface area contributed by atoms with Crippen molar-refractivity contribution in [3.8, 4) is 0 Å². The van der Waals surface area contributed by atoms with Crippen molar-refractivity contribution in [2.75, 3.05) is 25.2 Å². The number of rotatable bonds is 7. The predicted molar refractivity (Wildman–Crippen MR) is 58.5 cm³/mol. The smallest absolute Gasteiger partial charge is 0.148 e. The number of aliphatic hydroxyl groups is 1. The summed E-state index contributed by atoms with van der Waals surface area (Å²) in [7, 11) is -2.92. The first-order valence-electron chi connectivity index (χ1n) is 4.89. The van der Waals surface area contributed by atoms with E-state index in [4.69, 9.17) is 5.11 Å². The summed E-state index contributed by atoms with van der Waals surface area (Å²) in [6, 6.07) is 0. The van der Waals surface area contributed by atoms with Crippen molar-refractivity contribution in [1.29, 1.82) is 0 Å². The van der Waals surface area contributed by atoms with Crippen LogP contribution in [-0.2, 0) is 22.9 Å². The minimum Gasteiger partial charge on any atom is -0.394 e. The Morgan fingerprint density at radius 2 is 2.31 bits per heavy atom. The van der Waals surface area contributed by atoms with Gasteiger partial charge in [0.15, 0.2) is 0 Å². The fraction of sp³-hybridized carbons (Fsp3) is 0.750. The van der Waals surface area contributed by atoms with E-state index >= 15 is 0 Å². The maximum atomic E-state index is 10.8. The van der Waals surface area contributed by atoms with Gasteiger partial charge in [0, 0.05) is 25.5 Å². The molecule has 0 unspecified atom stereocenters. The molecule has 1 aromatic heterocycles. The number of aliphatic hydroxyl groups excluding tert-OH is 1. The first-order chi connectivity index (χ1) is 7.51. The Labute approximate surface area is 94.4 Å². The Kier molecular flexibility index (Phi) is 4.84. The van der Waals surface area contributed by atoms with Crippen LogP contribution in [0.15, 0.2) is 6.20 Å². The van der Waals surface area contributed by atoms with Crippen LogP contribution in [0.25, 0.3) is 0 Å². The molecular weight excluding hydrogens is 232 g/mol. The first kappa shape index (κ1) is 13.1. The highest BCUT2D eigenvalue weighted by molar-refractivity contribution is 7.90. The fourth-order valence-electron chi connectivity index (χ4n) is 1.11. The number of hydrogen-bond donors (Lipinski definition) is 2. The van der Waals surface area contributed by atoms with Gasteiger partial charge in [-0.2, -0.15) is 0 Å². The zero-order chi connectivity index (χ0) is 12.0. The average molecular weight is 248 g/mol. The zero-order valence-corrected chi connectivity index (χ0v) is 9.94. The molecular formula is C8H16N4O3S. The molecule has 0 saturated heterocycles. The normalized spacial score (nSPS) is 11.9. The SMILES string of the molecule is CS(=O)(=O)CCNCc1cn(CCO)nn1. The molecule has 0 atom stereocenters. The Morgan fingerprint density at radius 1 is 1.56 bits per heavy atom. The van der Waals surface area contributed by atoms with Crippen molar-refractivity contribution in [3.05, 3.63) is 11.9 Å². The van der Waals surface area contributed by atoms with E-state index in [2.05, 4.69) is 15.6 Å². The van der Waals surface area contributed by atoms with Crippen molar-refractivity contribution >= 4 is 9.84 Å². The summed E-state index contributed by atoms with van der Waals surface area (Å²) in [4.78, 5) is 0. The molecule has 2 N–H and O–H groups in total. The van der Waals surface area contributed by atoms with Gasteiger partial charge in [0.05, 0.1) is 24.6 Å². The second-order valence-electron chi connectivity index (χ2n) is 3.50. The Bertz CT molecular complexity index is 415. The molecule has 0 aliphatic heterocycles. The molecule has 0 radical (unpaired) electrons. The molecule has 7 nitrogen and oxygen atoms in total. The Balaban J connectivity index is 2.26. The lowest BCUT2D eigenvalue weighted by Crippen LogP contribution is -2.22. The molecule has 1 aromatic rings. The average Bonchev–Trinajstić information content (AvgIpc) is 2.60. The Morgan fingerprint density at radius 3 is 2.94 bits per heavy atom. The number of sulfone groups is 1. The summed E-state index contributed by atoms with van der Waals surface area (Å²) >= 11 is 0. The quantitative estimate of drug-likeness (QED) is 0.564. The molecule has 16 heavy (non-hydrogen) atoms. The van der Waals surface area contributed by atoms with Crippen LogP contribution in [0.3, 0.4) is 0 Å². The maximum absolute atomic E-state index is 10.8. The molecule has 0 bridgehead atoms. The summed E-state index contributed by atoms with van der Waals surface area (Å²) < 4.78 is 23.2. The summed E-state index contributed by atoms with van der Waals surface area (Å²) in [5.41, 5.74) is 0.724. The molecule has 0 saturated carbocycles. The van der Waals surface area contributed by atoms with E-state index in [0.717, 1.165) is 5.69 Å². The standard InChI is InChI=1S/C8H16N4O3S/c1-16(14,15)5-2-9-6-8-7-12(3-4-13)11-10-8/h7,9,13H,2-6H2,1H3. The van der Waals surface area contributed by atoms with Gasteiger partial charge in [-0.1, -0.05) is 5.21 Å². The monoisotopic (exact) mass is 248 g/mol. The third kappa shape index (κ3) is 5.19. The highest BCUT2D eigenvalue weighted by Gasteiger charge is 2.02. The molecule has 0 aromatic carbocycles. The van der Waals surface area contributed by atoms with Gasteiger partial charge in [0.25, 0.3) is 0 Å². The van der Waals surface area contributed by atoms with E-state index in [1.54, 1.807) is 6.20 Å². The van der Waals surface area contributed by atoms with Crippen LogP contribution in [0, 0.1) is 0 Å². The lowest BCUT2D eigenvalue weighted by molar-refractivity contribution is 0.268. The van der Waals surface area contributed by atoms with E-state index in [1.807, 2.05) is 0 Å². The van der Waals surface area contributed by atoms with Crippen LogP contribution >= 0.6 is 0 Å². The van der Waals surface area contributed by atoms with Gasteiger partial charge in [0.1, 0.15) is 9.84 Å². The Hall–Kier alpha value is -0.990. The van der Waals surface area contributed by atoms with Gasteiger partial charge in [-0.15, -0.1) is 5.10 Å². The summed E-state index contributed by atoms with van der Waals surface area (Å²) in [6.45, 7) is 1.30. The van der Waals surface area contributed by atoms with Gasteiger partial charge in [-0.05, 0) is 0 Å². The van der Waals surface area contributed by atoms with E-state index in [9.17, 15) is 8.42 Å². The summed E-state index contributed by atoms with van der Waals surface area (Å²) in [5.74, 6) is 0.109. The third-order valence-electron chi connectivity index (χ3n) is 1.87. The zero-order valence-electron chi connectivity index (χ0n) is 9.13. The van der Waals surface area contributed by atoms with Crippen molar-refractivity contribution < 1.29 is 13.5 Å². The van der Waals surface area contributed by atoms with E-state index in [-0.39, 0.29) is 12.4 Å². The van der Waals surface area contributed by atoms with Crippen LogP contribution in [0.5, 0.6) is 0 Å². The third-order valence-corrected chi connectivity index (χ3v) is 2.82. The number of hydrogen-bond acceptors (Lipinski definition) is 6. The fourth-order valence-corrected chi connectivity index (χ4v) is 1.62. The lowest BCUT2D eigenvalue weighted by atomic mass is 10.4. The van der Waals surface area contributed by atoms with Crippen LogP contribution < -0.4 is 5.32 Å². The van der Waals surface area contributed by atoms with Gasteiger partial charge in [0.2, 0.25) is 0 Å². The van der Waals surface area contributed by atoms with E-state index in [1.165, 1.54) is 10.9 Å². The molecule has 0 aliphatic carbocycles. The minimum absolute atomic E-state index is 0.0182. The predicted octanol–water partition coefficient (Wildman–Crippen LogP) is -1.60. The molecule has 1 rings (SSSR count). The van der Waals surface area contributed by atoms with Crippen LogP contribution in [-0.4, -0.2) is 53.7 Å². The molecule has 1 heterocycles. The van der Waals surface area contributed by atoms with Crippen LogP contribution in [0.4, 0.5) is 0 Å². The minimum atomic E-state index is -2.92. The largest absolute Gasteiger partial charge is 0.394 e. The topological polar surface area (TPSA) is 97.1 Å². The second-order valence-corrected chi connectivity index (χ2v) is 5.76. The molecule has 92 valence electrons. The lowest BCUT2D eigenvalue weighted by Gasteiger charge is -2.00. The maximum Gasteiger partial charge on any atom is 0.148 e. The number of nitrogens with one attached hydrogen (secondary N) is 1. The molecule has 0 aliphatic rings. The number of aromatic nitrogens is 3. The van der Waals surface area contributed by atoms with Gasteiger partial charge in [-0.3, -0.25) is 0 Å². The van der Waals surface area contributed by atoms with Crippen molar-refractivity contribution in [3.63, 3.8) is 0 Å². The summed E-state index contributed by atoms with van der Waals surface area (Å²) in [6.07, 6.45) is 2.91. The summed E-state index contributed by atoms with van der Waals surface area (Å²) in [5, 5.41) is 19.3.